The van der Waals surface area contributed by atoms with E-state index in [1.807, 2.05) is 6.07 Å². The number of carboxylic acid groups (broad SMARTS) is 1. The molecule has 0 bridgehead atoms. The normalized spacial score (nSPS) is 9.95. The number of rotatable bonds is 4. The fraction of sp³-hybridized carbons (Fsp3) is 0.0667. The van der Waals surface area contributed by atoms with Gasteiger partial charge >= 0.3 is 5.97 Å². The van der Waals surface area contributed by atoms with Crippen molar-refractivity contribution in [2.75, 3.05) is 0 Å². The summed E-state index contributed by atoms with van der Waals surface area (Å²) in [6, 6.07) is 10.5. The smallest absolute Gasteiger partial charge is 0.339 e. The number of ether oxygens (including phenoxy) is 1. The average Bonchev–Trinajstić information content (AvgIpc) is 2.46. The van der Waals surface area contributed by atoms with Crippen LogP contribution < -0.4 is 4.74 Å². The van der Waals surface area contributed by atoms with Crippen LogP contribution >= 0.6 is 15.9 Å². The lowest BCUT2D eigenvalue weighted by Gasteiger charge is -2.11. The summed E-state index contributed by atoms with van der Waals surface area (Å²) in [7, 11) is 0. The summed E-state index contributed by atoms with van der Waals surface area (Å²) in [4.78, 5) is 11.1. The third-order valence-electron chi connectivity index (χ3n) is 2.75. The molecule has 0 spiro atoms. The minimum Gasteiger partial charge on any atom is -0.487 e. The minimum atomic E-state index is -1.13. The van der Waals surface area contributed by atoms with Crippen LogP contribution in [0, 0.1) is 17.1 Å². The molecule has 106 valence electrons. The van der Waals surface area contributed by atoms with Crippen molar-refractivity contribution < 1.29 is 19.0 Å². The topological polar surface area (TPSA) is 70.3 Å². The van der Waals surface area contributed by atoms with Crippen LogP contribution in [0.5, 0.6) is 5.75 Å². The van der Waals surface area contributed by atoms with Gasteiger partial charge in [-0.2, -0.15) is 5.26 Å². The zero-order valence-electron chi connectivity index (χ0n) is 10.6. The Morgan fingerprint density at radius 1 is 1.38 bits per heavy atom. The second-order valence-corrected chi connectivity index (χ2v) is 4.98. The van der Waals surface area contributed by atoms with Gasteiger partial charge in [-0.25, -0.2) is 9.18 Å². The molecule has 2 rings (SSSR count). The van der Waals surface area contributed by atoms with Crippen molar-refractivity contribution in [3.05, 3.63) is 63.4 Å². The van der Waals surface area contributed by atoms with Gasteiger partial charge in [-0.1, -0.05) is 12.1 Å². The van der Waals surface area contributed by atoms with Gasteiger partial charge < -0.3 is 9.84 Å². The third-order valence-corrected chi connectivity index (χ3v) is 3.38. The molecule has 0 amide bonds. The summed E-state index contributed by atoms with van der Waals surface area (Å²) in [6.07, 6.45) is 0. The summed E-state index contributed by atoms with van der Waals surface area (Å²) in [5.74, 6) is -1.57. The van der Waals surface area contributed by atoms with Gasteiger partial charge in [0.15, 0.2) is 0 Å². The zero-order valence-corrected chi connectivity index (χ0v) is 12.2. The summed E-state index contributed by atoms with van der Waals surface area (Å²) in [5, 5.41) is 17.8. The second kappa shape index (κ2) is 6.37. The molecule has 1 N–H and O–H groups in total. The number of nitriles is 1. The molecule has 21 heavy (non-hydrogen) atoms. The molecule has 0 saturated heterocycles. The molecule has 2 aromatic rings. The van der Waals surface area contributed by atoms with Crippen molar-refractivity contribution in [2.24, 2.45) is 0 Å². The lowest BCUT2D eigenvalue weighted by Crippen LogP contribution is -2.05. The van der Waals surface area contributed by atoms with Gasteiger partial charge in [0, 0.05) is 5.56 Å². The van der Waals surface area contributed by atoms with Gasteiger partial charge in [-0.15, -0.1) is 0 Å². The fourth-order valence-electron chi connectivity index (χ4n) is 1.71. The first kappa shape index (κ1) is 15.0. The Morgan fingerprint density at radius 3 is 2.76 bits per heavy atom. The molecule has 0 aliphatic rings. The molecular formula is C15H9BrFNO3. The van der Waals surface area contributed by atoms with E-state index in [1.165, 1.54) is 18.2 Å². The van der Waals surface area contributed by atoms with Gasteiger partial charge in [0.25, 0.3) is 0 Å². The van der Waals surface area contributed by atoms with Gasteiger partial charge in [-0.3, -0.25) is 0 Å². The maximum absolute atomic E-state index is 13.7. The SMILES string of the molecule is N#Cc1ccc(COc2c(Br)cccc2C(=O)O)c(F)c1. The highest BCUT2D eigenvalue weighted by Gasteiger charge is 2.15. The summed E-state index contributed by atoms with van der Waals surface area (Å²) in [5.41, 5.74) is 0.433. The quantitative estimate of drug-likeness (QED) is 0.912. The van der Waals surface area contributed by atoms with Crippen molar-refractivity contribution in [3.8, 4) is 11.8 Å². The van der Waals surface area contributed by atoms with Crippen LogP contribution in [0.3, 0.4) is 0 Å². The lowest BCUT2D eigenvalue weighted by molar-refractivity contribution is 0.0691. The maximum atomic E-state index is 13.7. The van der Waals surface area contributed by atoms with Gasteiger partial charge in [0.1, 0.15) is 23.7 Å². The Labute approximate surface area is 128 Å². The van der Waals surface area contributed by atoms with E-state index in [-0.39, 0.29) is 29.0 Å². The molecule has 0 aliphatic heterocycles. The first-order valence-electron chi connectivity index (χ1n) is 5.86. The summed E-state index contributed by atoms with van der Waals surface area (Å²) >= 11 is 3.21. The number of hydrogen-bond donors (Lipinski definition) is 1. The molecule has 0 saturated carbocycles. The van der Waals surface area contributed by atoms with E-state index >= 15 is 0 Å². The van der Waals surface area contributed by atoms with Gasteiger partial charge in [0.05, 0.1) is 16.1 Å². The van der Waals surface area contributed by atoms with E-state index < -0.39 is 11.8 Å². The van der Waals surface area contributed by atoms with Crippen LogP contribution in [0.4, 0.5) is 4.39 Å². The number of para-hydroxylation sites is 1. The lowest BCUT2D eigenvalue weighted by atomic mass is 10.1. The predicted molar refractivity (Wildman–Crippen MR) is 76.5 cm³/mol. The van der Waals surface area contributed by atoms with Crippen molar-refractivity contribution in [1.29, 1.82) is 5.26 Å². The number of benzene rings is 2. The van der Waals surface area contributed by atoms with Crippen molar-refractivity contribution >= 4 is 21.9 Å². The Bertz CT molecular complexity index is 740. The number of halogens is 2. The largest absolute Gasteiger partial charge is 0.487 e. The zero-order chi connectivity index (χ0) is 15.4. The van der Waals surface area contributed by atoms with E-state index in [0.717, 1.165) is 6.07 Å². The third kappa shape index (κ3) is 3.38. The van der Waals surface area contributed by atoms with Gasteiger partial charge in [0.2, 0.25) is 0 Å². The first-order chi connectivity index (χ1) is 10.0. The summed E-state index contributed by atoms with van der Waals surface area (Å²) in [6.45, 7) is -0.138. The van der Waals surface area contributed by atoms with E-state index in [0.29, 0.717) is 4.47 Å². The molecule has 0 fully saturated rings. The fourth-order valence-corrected chi connectivity index (χ4v) is 2.19. The van der Waals surface area contributed by atoms with Crippen LogP contribution in [-0.2, 0) is 6.61 Å². The maximum Gasteiger partial charge on any atom is 0.339 e. The monoisotopic (exact) mass is 349 g/mol. The minimum absolute atomic E-state index is 0.0153. The molecule has 0 radical (unpaired) electrons. The number of hydrogen-bond acceptors (Lipinski definition) is 3. The molecule has 4 nitrogen and oxygen atoms in total. The van der Waals surface area contributed by atoms with E-state index in [1.54, 1.807) is 12.1 Å². The first-order valence-corrected chi connectivity index (χ1v) is 6.65. The highest BCUT2D eigenvalue weighted by atomic mass is 79.9. The number of carboxylic acids is 1. The Kier molecular flexibility index (Phi) is 4.55. The second-order valence-electron chi connectivity index (χ2n) is 4.13. The highest BCUT2D eigenvalue weighted by Crippen LogP contribution is 2.30. The highest BCUT2D eigenvalue weighted by molar-refractivity contribution is 9.10. The van der Waals surface area contributed by atoms with Crippen LogP contribution in [0.15, 0.2) is 40.9 Å². The standard InChI is InChI=1S/C15H9BrFNO3/c16-12-3-1-2-11(15(19)20)14(12)21-8-10-5-4-9(7-18)6-13(10)17/h1-6H,8H2,(H,19,20). The molecule has 2 aromatic carbocycles. The molecule has 6 heteroatoms. The Morgan fingerprint density at radius 2 is 2.14 bits per heavy atom. The summed E-state index contributed by atoms with van der Waals surface area (Å²) < 4.78 is 19.6. The van der Waals surface area contributed by atoms with Crippen LogP contribution in [0.1, 0.15) is 21.5 Å². The van der Waals surface area contributed by atoms with Crippen LogP contribution in [0.25, 0.3) is 0 Å². The van der Waals surface area contributed by atoms with Crippen LogP contribution in [-0.4, -0.2) is 11.1 Å². The molecule has 0 aromatic heterocycles. The predicted octanol–water partition coefficient (Wildman–Crippen LogP) is 3.74. The van der Waals surface area contributed by atoms with E-state index in [2.05, 4.69) is 15.9 Å². The molecule has 0 heterocycles. The van der Waals surface area contributed by atoms with Crippen molar-refractivity contribution in [3.63, 3.8) is 0 Å². The van der Waals surface area contributed by atoms with Crippen molar-refractivity contribution in [2.45, 2.75) is 6.61 Å². The average molecular weight is 350 g/mol. The van der Waals surface area contributed by atoms with E-state index in [9.17, 15) is 9.18 Å². The van der Waals surface area contributed by atoms with E-state index in [4.69, 9.17) is 15.1 Å². The number of aromatic carboxylic acids is 1. The van der Waals surface area contributed by atoms with Gasteiger partial charge in [-0.05, 0) is 40.2 Å². The van der Waals surface area contributed by atoms with Crippen LogP contribution in [0.2, 0.25) is 0 Å². The Balaban J connectivity index is 2.25. The molecule has 0 aliphatic carbocycles. The molecule has 0 atom stereocenters. The molecular weight excluding hydrogens is 341 g/mol. The molecule has 0 unspecified atom stereocenters. The Hall–Kier alpha value is -2.39. The number of carbonyl (C=O) groups is 1. The number of nitrogens with zero attached hydrogens (tertiary/aromatic N) is 1. The van der Waals surface area contributed by atoms with Crippen molar-refractivity contribution in [1.82, 2.24) is 0 Å².